The number of amides is 1. The van der Waals surface area contributed by atoms with Crippen LogP contribution in [0.1, 0.15) is 21.7 Å². The molecule has 3 N–H and O–H groups in total. The lowest BCUT2D eigenvalue weighted by molar-refractivity contribution is -0.141. The van der Waals surface area contributed by atoms with E-state index in [2.05, 4.69) is 20.3 Å². The fraction of sp³-hybridized carbons (Fsp3) is 0.0952. The van der Waals surface area contributed by atoms with E-state index in [-0.39, 0.29) is 17.0 Å². The number of alkyl halides is 3. The third kappa shape index (κ3) is 4.17. The van der Waals surface area contributed by atoms with Crippen LogP contribution < -0.4 is 5.32 Å². The van der Waals surface area contributed by atoms with Crippen LogP contribution in [-0.2, 0) is 6.18 Å². The highest BCUT2D eigenvalue weighted by atomic mass is 35.5. The molecule has 1 amide bonds. The Bertz CT molecular complexity index is 1320. The highest BCUT2D eigenvalue weighted by Gasteiger charge is 2.33. The van der Waals surface area contributed by atoms with E-state index in [9.17, 15) is 23.1 Å². The van der Waals surface area contributed by atoms with Crippen molar-refractivity contribution in [2.75, 3.05) is 5.32 Å². The molecule has 0 aliphatic rings. The van der Waals surface area contributed by atoms with Crippen LogP contribution in [0.4, 0.5) is 18.9 Å². The highest BCUT2D eigenvalue weighted by Crippen LogP contribution is 2.32. The molecule has 0 fully saturated rings. The van der Waals surface area contributed by atoms with Gasteiger partial charge in [-0.25, -0.2) is 9.97 Å². The number of nitrogens with one attached hydrogen (secondary N) is 2. The van der Waals surface area contributed by atoms with E-state index >= 15 is 0 Å². The molecule has 0 aliphatic heterocycles. The molecule has 6 nitrogen and oxygen atoms in total. The second kappa shape index (κ2) is 7.59. The topological polar surface area (TPSA) is 90.9 Å². The standard InChI is InChI=1S/C21H14ClF3N4O2/c1-10-13(4-7-18(26-10)21(23,24)25)20(31)27-11-2-5-15(22)14(8-11)19-28-16-6-3-12(30)9-17(16)29-19/h2-9,30H,1H3,(H,27,31)(H,28,29). The number of benzene rings is 2. The fourth-order valence-corrected chi connectivity index (χ4v) is 3.27. The number of pyridine rings is 1. The molecule has 0 spiro atoms. The van der Waals surface area contributed by atoms with Crippen molar-refractivity contribution in [3.8, 4) is 17.1 Å². The number of H-pyrrole nitrogens is 1. The lowest BCUT2D eigenvalue weighted by Crippen LogP contribution is -2.16. The quantitative estimate of drug-likeness (QED) is 0.384. The van der Waals surface area contributed by atoms with Gasteiger partial charge in [-0.2, -0.15) is 13.2 Å². The van der Waals surface area contributed by atoms with Gasteiger partial charge in [0.15, 0.2) is 0 Å². The maximum Gasteiger partial charge on any atom is 0.433 e. The van der Waals surface area contributed by atoms with Crippen molar-refractivity contribution < 1.29 is 23.1 Å². The number of nitrogens with zero attached hydrogens (tertiary/aromatic N) is 2. The minimum Gasteiger partial charge on any atom is -0.508 e. The van der Waals surface area contributed by atoms with Crippen LogP contribution in [-0.4, -0.2) is 26.0 Å². The van der Waals surface area contributed by atoms with E-state index in [0.29, 0.717) is 33.1 Å². The van der Waals surface area contributed by atoms with Crippen LogP contribution in [0.5, 0.6) is 5.75 Å². The SMILES string of the molecule is Cc1nc(C(F)(F)F)ccc1C(=O)Nc1ccc(Cl)c(-c2nc3ccc(O)cc3[nH]2)c1. The number of carbonyl (C=O) groups excluding carboxylic acids is 1. The molecule has 2 heterocycles. The zero-order valence-corrected chi connectivity index (χ0v) is 16.6. The van der Waals surface area contributed by atoms with Gasteiger partial charge in [0.1, 0.15) is 17.3 Å². The first kappa shape index (κ1) is 20.7. The molecule has 0 aliphatic carbocycles. The summed E-state index contributed by atoms with van der Waals surface area (Å²) in [7, 11) is 0. The van der Waals surface area contributed by atoms with E-state index in [1.165, 1.54) is 19.1 Å². The van der Waals surface area contributed by atoms with Crippen LogP contribution in [0.15, 0.2) is 48.5 Å². The van der Waals surface area contributed by atoms with Crippen LogP contribution in [0.3, 0.4) is 0 Å². The number of hydrogen-bond donors (Lipinski definition) is 3. The van der Waals surface area contributed by atoms with Crippen LogP contribution in [0, 0.1) is 6.92 Å². The average Bonchev–Trinajstić information content (AvgIpc) is 3.11. The number of phenols is 1. The fourth-order valence-electron chi connectivity index (χ4n) is 3.07. The first-order chi connectivity index (χ1) is 14.6. The third-order valence-corrected chi connectivity index (χ3v) is 4.90. The Balaban J connectivity index is 1.63. The lowest BCUT2D eigenvalue weighted by atomic mass is 10.1. The predicted octanol–water partition coefficient (Wildman–Crippen LogP) is 5.56. The van der Waals surface area contributed by atoms with Gasteiger partial charge in [0, 0.05) is 17.3 Å². The summed E-state index contributed by atoms with van der Waals surface area (Å²) in [5, 5.41) is 12.6. The molecular weight excluding hydrogens is 433 g/mol. The number of aromatic nitrogens is 3. The first-order valence-corrected chi connectivity index (χ1v) is 9.34. The number of imidazole rings is 1. The largest absolute Gasteiger partial charge is 0.508 e. The monoisotopic (exact) mass is 446 g/mol. The van der Waals surface area contributed by atoms with Gasteiger partial charge in [0.2, 0.25) is 0 Å². The van der Waals surface area contributed by atoms with Crippen molar-refractivity contribution in [3.63, 3.8) is 0 Å². The summed E-state index contributed by atoms with van der Waals surface area (Å²) in [5.74, 6) is -0.106. The van der Waals surface area contributed by atoms with E-state index < -0.39 is 17.8 Å². The number of hydrogen-bond acceptors (Lipinski definition) is 4. The number of phenolic OH excluding ortho intramolecular Hbond substituents is 1. The number of aromatic amines is 1. The number of rotatable bonds is 3. The summed E-state index contributed by atoms with van der Waals surface area (Å²) in [5.41, 5.74) is 0.995. The molecule has 0 unspecified atom stereocenters. The summed E-state index contributed by atoms with van der Waals surface area (Å²) in [6.07, 6.45) is -4.59. The molecule has 158 valence electrons. The molecule has 4 aromatic rings. The van der Waals surface area contributed by atoms with Crippen molar-refractivity contribution in [3.05, 3.63) is 70.5 Å². The second-order valence-corrected chi connectivity index (χ2v) is 7.17. The maximum absolute atomic E-state index is 12.8. The van der Waals surface area contributed by atoms with E-state index in [1.807, 2.05) is 0 Å². The Labute approximate surface area is 178 Å². The molecule has 31 heavy (non-hydrogen) atoms. The number of anilines is 1. The Kier molecular flexibility index (Phi) is 5.06. The van der Waals surface area contributed by atoms with Crippen molar-refractivity contribution in [1.29, 1.82) is 0 Å². The van der Waals surface area contributed by atoms with E-state index in [4.69, 9.17) is 11.6 Å². The zero-order valence-electron chi connectivity index (χ0n) is 15.9. The van der Waals surface area contributed by atoms with Crippen molar-refractivity contribution in [1.82, 2.24) is 15.0 Å². The predicted molar refractivity (Wildman–Crippen MR) is 110 cm³/mol. The van der Waals surface area contributed by atoms with Crippen molar-refractivity contribution in [2.24, 2.45) is 0 Å². The van der Waals surface area contributed by atoms with Crippen LogP contribution in [0.25, 0.3) is 22.4 Å². The van der Waals surface area contributed by atoms with Gasteiger partial charge in [-0.1, -0.05) is 11.6 Å². The summed E-state index contributed by atoms with van der Waals surface area (Å²) in [6.45, 7) is 1.33. The molecule has 2 aromatic carbocycles. The molecule has 0 saturated carbocycles. The van der Waals surface area contributed by atoms with Gasteiger partial charge in [-0.3, -0.25) is 4.79 Å². The second-order valence-electron chi connectivity index (χ2n) is 6.76. The number of fused-ring (bicyclic) bond motifs is 1. The normalized spacial score (nSPS) is 11.6. The van der Waals surface area contributed by atoms with E-state index in [1.54, 1.807) is 24.3 Å². The number of halogens is 4. The van der Waals surface area contributed by atoms with Crippen molar-refractivity contribution >= 4 is 34.2 Å². The number of carbonyl (C=O) groups is 1. The summed E-state index contributed by atoms with van der Waals surface area (Å²) in [6, 6.07) is 11.2. The molecule has 0 saturated heterocycles. The van der Waals surface area contributed by atoms with Gasteiger partial charge in [0.25, 0.3) is 5.91 Å². The summed E-state index contributed by atoms with van der Waals surface area (Å²) < 4.78 is 38.4. The maximum atomic E-state index is 12.8. The molecule has 0 radical (unpaired) electrons. The first-order valence-electron chi connectivity index (χ1n) is 8.96. The van der Waals surface area contributed by atoms with Gasteiger partial charge in [0.05, 0.1) is 27.3 Å². The molecule has 2 aromatic heterocycles. The smallest absolute Gasteiger partial charge is 0.433 e. The highest BCUT2D eigenvalue weighted by molar-refractivity contribution is 6.33. The van der Waals surface area contributed by atoms with Crippen LogP contribution >= 0.6 is 11.6 Å². The lowest BCUT2D eigenvalue weighted by Gasteiger charge is -2.11. The number of aromatic hydroxyl groups is 1. The Morgan fingerprint density at radius 1 is 1.10 bits per heavy atom. The Hall–Kier alpha value is -3.59. The van der Waals surface area contributed by atoms with E-state index in [0.717, 1.165) is 12.1 Å². The summed E-state index contributed by atoms with van der Waals surface area (Å²) in [4.78, 5) is 23.5. The molecular formula is C21H14ClF3N4O2. The van der Waals surface area contributed by atoms with Gasteiger partial charge in [-0.05, 0) is 49.4 Å². The Morgan fingerprint density at radius 3 is 2.58 bits per heavy atom. The minimum atomic E-state index is -4.59. The Morgan fingerprint density at radius 2 is 1.87 bits per heavy atom. The third-order valence-electron chi connectivity index (χ3n) is 4.57. The van der Waals surface area contributed by atoms with Gasteiger partial charge >= 0.3 is 6.18 Å². The zero-order chi connectivity index (χ0) is 22.3. The van der Waals surface area contributed by atoms with Crippen molar-refractivity contribution in [2.45, 2.75) is 13.1 Å². The molecule has 4 rings (SSSR count). The molecule has 0 bridgehead atoms. The minimum absolute atomic E-state index is 0.0173. The van der Waals surface area contributed by atoms with Crippen LogP contribution in [0.2, 0.25) is 5.02 Å². The number of aryl methyl sites for hydroxylation is 1. The van der Waals surface area contributed by atoms with Gasteiger partial charge in [-0.15, -0.1) is 0 Å². The van der Waals surface area contributed by atoms with Gasteiger partial charge < -0.3 is 15.4 Å². The molecule has 0 atom stereocenters. The average molecular weight is 447 g/mol. The molecule has 10 heteroatoms. The summed E-state index contributed by atoms with van der Waals surface area (Å²) >= 11 is 6.29.